The van der Waals surface area contributed by atoms with Gasteiger partial charge in [0.15, 0.2) is 5.69 Å². The third-order valence-electron chi connectivity index (χ3n) is 2.53. The molecule has 1 amide bonds. The molecule has 20 heavy (non-hydrogen) atoms. The summed E-state index contributed by atoms with van der Waals surface area (Å²) < 4.78 is 0. The standard InChI is InChI=1S/C13H15ClN4O2/c1-8(2)15-13(20)12-11(7-19)16-18(17-12)10-5-3-9(14)4-6-10/h3-6,8,19H,7H2,1-2H3,(H,15,20). The predicted octanol–water partition coefficient (Wildman–Crippen LogP) is 1.55. The van der Waals surface area contributed by atoms with Crippen molar-refractivity contribution in [3.63, 3.8) is 0 Å². The molecule has 1 aromatic carbocycles. The molecule has 0 unspecified atom stereocenters. The van der Waals surface area contributed by atoms with E-state index in [1.54, 1.807) is 24.3 Å². The van der Waals surface area contributed by atoms with Gasteiger partial charge < -0.3 is 10.4 Å². The third-order valence-corrected chi connectivity index (χ3v) is 2.78. The zero-order valence-electron chi connectivity index (χ0n) is 11.2. The molecule has 0 aliphatic carbocycles. The average Bonchev–Trinajstić information content (AvgIpc) is 2.83. The predicted molar refractivity (Wildman–Crippen MR) is 74.9 cm³/mol. The molecule has 0 aliphatic heterocycles. The number of aliphatic hydroxyl groups is 1. The highest BCUT2D eigenvalue weighted by molar-refractivity contribution is 6.30. The van der Waals surface area contributed by atoms with Gasteiger partial charge in [-0.15, -0.1) is 10.2 Å². The molecule has 6 nitrogen and oxygen atoms in total. The van der Waals surface area contributed by atoms with E-state index in [0.29, 0.717) is 10.7 Å². The normalized spacial score (nSPS) is 10.8. The summed E-state index contributed by atoms with van der Waals surface area (Å²) >= 11 is 5.82. The van der Waals surface area contributed by atoms with Crippen molar-refractivity contribution in [2.75, 3.05) is 0 Å². The fourth-order valence-electron chi connectivity index (χ4n) is 1.64. The molecular weight excluding hydrogens is 280 g/mol. The van der Waals surface area contributed by atoms with Gasteiger partial charge in [0, 0.05) is 11.1 Å². The largest absolute Gasteiger partial charge is 0.390 e. The molecule has 0 fully saturated rings. The molecule has 0 saturated carbocycles. The van der Waals surface area contributed by atoms with Crippen LogP contribution in [-0.2, 0) is 6.61 Å². The van der Waals surface area contributed by atoms with Crippen molar-refractivity contribution in [1.82, 2.24) is 20.3 Å². The Bertz CT molecular complexity index is 607. The summed E-state index contributed by atoms with van der Waals surface area (Å²) in [4.78, 5) is 13.3. The maximum atomic E-state index is 12.0. The van der Waals surface area contributed by atoms with Crippen LogP contribution >= 0.6 is 11.6 Å². The molecule has 106 valence electrons. The number of benzene rings is 1. The van der Waals surface area contributed by atoms with Crippen LogP contribution in [0.25, 0.3) is 5.69 Å². The number of hydrogen-bond acceptors (Lipinski definition) is 4. The van der Waals surface area contributed by atoms with Gasteiger partial charge in [0.05, 0.1) is 12.3 Å². The van der Waals surface area contributed by atoms with Crippen LogP contribution in [0.2, 0.25) is 5.02 Å². The Morgan fingerprint density at radius 1 is 1.35 bits per heavy atom. The van der Waals surface area contributed by atoms with Crippen LogP contribution in [0, 0.1) is 0 Å². The van der Waals surface area contributed by atoms with Gasteiger partial charge in [-0.05, 0) is 38.1 Å². The second-order valence-electron chi connectivity index (χ2n) is 4.55. The minimum absolute atomic E-state index is 0.0188. The van der Waals surface area contributed by atoms with Crippen molar-refractivity contribution in [3.05, 3.63) is 40.7 Å². The van der Waals surface area contributed by atoms with E-state index in [1.165, 1.54) is 4.80 Å². The van der Waals surface area contributed by atoms with E-state index < -0.39 is 0 Å². The topological polar surface area (TPSA) is 80.0 Å². The SMILES string of the molecule is CC(C)NC(=O)c1nn(-c2ccc(Cl)cc2)nc1CO. The first-order chi connectivity index (χ1) is 9.51. The number of hydrogen-bond donors (Lipinski definition) is 2. The molecule has 0 radical (unpaired) electrons. The zero-order chi connectivity index (χ0) is 14.7. The number of carbonyl (C=O) groups is 1. The highest BCUT2D eigenvalue weighted by Crippen LogP contribution is 2.13. The van der Waals surface area contributed by atoms with Crippen molar-refractivity contribution in [1.29, 1.82) is 0 Å². The molecule has 0 atom stereocenters. The number of aliphatic hydroxyl groups excluding tert-OH is 1. The first kappa shape index (κ1) is 14.5. The van der Waals surface area contributed by atoms with Gasteiger partial charge in [-0.25, -0.2) is 0 Å². The van der Waals surface area contributed by atoms with E-state index in [4.69, 9.17) is 11.6 Å². The molecule has 7 heteroatoms. The zero-order valence-corrected chi connectivity index (χ0v) is 11.9. The summed E-state index contributed by atoms with van der Waals surface area (Å²) in [7, 11) is 0. The molecule has 0 aliphatic rings. The average molecular weight is 295 g/mol. The molecule has 2 rings (SSSR count). The Kier molecular flexibility index (Phi) is 4.36. The number of nitrogens with one attached hydrogen (secondary N) is 1. The van der Waals surface area contributed by atoms with E-state index in [-0.39, 0.29) is 29.9 Å². The van der Waals surface area contributed by atoms with Crippen molar-refractivity contribution in [3.8, 4) is 5.69 Å². The van der Waals surface area contributed by atoms with Crippen LogP contribution in [-0.4, -0.2) is 32.0 Å². The maximum absolute atomic E-state index is 12.0. The minimum atomic E-state index is -0.357. The second-order valence-corrected chi connectivity index (χ2v) is 4.98. The van der Waals surface area contributed by atoms with Crippen molar-refractivity contribution in [2.45, 2.75) is 26.5 Å². The number of carbonyl (C=O) groups excluding carboxylic acids is 1. The molecule has 0 spiro atoms. The van der Waals surface area contributed by atoms with Crippen LogP contribution in [0.5, 0.6) is 0 Å². The summed E-state index contributed by atoms with van der Waals surface area (Å²) in [6.45, 7) is 3.34. The summed E-state index contributed by atoms with van der Waals surface area (Å²) in [5.74, 6) is -0.357. The Labute approximate surface area is 121 Å². The Balaban J connectivity index is 2.35. The van der Waals surface area contributed by atoms with E-state index in [0.717, 1.165) is 0 Å². The van der Waals surface area contributed by atoms with Crippen LogP contribution in [0.1, 0.15) is 30.0 Å². The monoisotopic (exact) mass is 294 g/mol. The van der Waals surface area contributed by atoms with E-state index in [2.05, 4.69) is 15.5 Å². The maximum Gasteiger partial charge on any atom is 0.274 e. The van der Waals surface area contributed by atoms with Gasteiger partial charge >= 0.3 is 0 Å². The van der Waals surface area contributed by atoms with E-state index in [9.17, 15) is 9.90 Å². The second kappa shape index (κ2) is 6.02. The Morgan fingerprint density at radius 2 is 2.00 bits per heavy atom. The molecule has 2 N–H and O–H groups in total. The van der Waals surface area contributed by atoms with Gasteiger partial charge in [0.2, 0.25) is 0 Å². The Hall–Kier alpha value is -1.92. The van der Waals surface area contributed by atoms with Crippen LogP contribution < -0.4 is 5.32 Å². The molecule has 0 saturated heterocycles. The van der Waals surface area contributed by atoms with Crippen LogP contribution in [0.15, 0.2) is 24.3 Å². The molecule has 0 bridgehead atoms. The highest BCUT2D eigenvalue weighted by atomic mass is 35.5. The lowest BCUT2D eigenvalue weighted by Gasteiger charge is -2.06. The summed E-state index contributed by atoms with van der Waals surface area (Å²) in [5.41, 5.74) is 1.02. The summed E-state index contributed by atoms with van der Waals surface area (Å²) in [6, 6.07) is 6.84. The van der Waals surface area contributed by atoms with Crippen LogP contribution in [0.3, 0.4) is 0 Å². The smallest absolute Gasteiger partial charge is 0.274 e. The number of rotatable bonds is 4. The van der Waals surface area contributed by atoms with E-state index >= 15 is 0 Å². The summed E-state index contributed by atoms with van der Waals surface area (Å²) in [5, 5.41) is 20.8. The molecule has 2 aromatic rings. The van der Waals surface area contributed by atoms with Gasteiger partial charge in [-0.2, -0.15) is 4.80 Å². The van der Waals surface area contributed by atoms with E-state index in [1.807, 2.05) is 13.8 Å². The first-order valence-corrected chi connectivity index (χ1v) is 6.53. The van der Waals surface area contributed by atoms with Crippen molar-refractivity contribution >= 4 is 17.5 Å². The lowest BCUT2D eigenvalue weighted by molar-refractivity contribution is 0.0934. The third kappa shape index (κ3) is 3.15. The number of nitrogens with zero attached hydrogens (tertiary/aromatic N) is 3. The quantitative estimate of drug-likeness (QED) is 0.896. The first-order valence-electron chi connectivity index (χ1n) is 6.15. The lowest BCUT2D eigenvalue weighted by atomic mass is 10.3. The fourth-order valence-corrected chi connectivity index (χ4v) is 1.77. The van der Waals surface area contributed by atoms with Gasteiger partial charge in [0.25, 0.3) is 5.91 Å². The fraction of sp³-hybridized carbons (Fsp3) is 0.308. The lowest BCUT2D eigenvalue weighted by Crippen LogP contribution is -2.31. The highest BCUT2D eigenvalue weighted by Gasteiger charge is 2.19. The number of halogens is 1. The number of aromatic nitrogens is 3. The van der Waals surface area contributed by atoms with Gasteiger partial charge in [0.1, 0.15) is 5.69 Å². The summed E-state index contributed by atoms with van der Waals surface area (Å²) in [6.07, 6.45) is 0. The van der Waals surface area contributed by atoms with Crippen molar-refractivity contribution < 1.29 is 9.90 Å². The van der Waals surface area contributed by atoms with Crippen molar-refractivity contribution in [2.24, 2.45) is 0 Å². The minimum Gasteiger partial charge on any atom is -0.390 e. The van der Waals surface area contributed by atoms with Gasteiger partial charge in [-0.3, -0.25) is 4.79 Å². The molecule has 1 heterocycles. The Morgan fingerprint density at radius 3 is 2.55 bits per heavy atom. The molecule has 1 aromatic heterocycles. The molecular formula is C13H15ClN4O2. The van der Waals surface area contributed by atoms with Gasteiger partial charge in [-0.1, -0.05) is 11.6 Å². The number of amides is 1. The van der Waals surface area contributed by atoms with Crippen LogP contribution in [0.4, 0.5) is 0 Å².